The number of amides is 1. The highest BCUT2D eigenvalue weighted by atomic mass is 32.1. The van der Waals surface area contributed by atoms with E-state index < -0.39 is 17.8 Å². The average Bonchev–Trinajstić information content (AvgIpc) is 3.40. The molecule has 2 aromatic rings. The van der Waals surface area contributed by atoms with Gasteiger partial charge in [-0.2, -0.15) is 5.26 Å². The first-order valence-electron chi connectivity index (χ1n) is 10.2. The first-order valence-corrected chi connectivity index (χ1v) is 11.0. The molecular weight excluding hydrogens is 396 g/mol. The topological polar surface area (TPSA) is 90.2 Å². The van der Waals surface area contributed by atoms with Gasteiger partial charge in [0.1, 0.15) is 11.1 Å². The van der Waals surface area contributed by atoms with Crippen LogP contribution < -0.4 is 5.32 Å². The van der Waals surface area contributed by atoms with Gasteiger partial charge in [-0.25, -0.2) is 0 Å². The standard InChI is InChI=1S/C24H24N2O3S/c1-12(2)14-4-6-15(7-5-14)19-13(3)30-23(18(19)11-25)26-22(27)20-16-8-9-17(10-16)21(20)24(28)29/h4-9,12,16-17,20-21H,10H2,1-3H3,(H,26,27)(H,28,29)/t16-,17+,20-,21-/m0/s1. The van der Waals surface area contributed by atoms with Gasteiger partial charge in [-0.05, 0) is 42.2 Å². The highest BCUT2D eigenvalue weighted by Crippen LogP contribution is 2.49. The fraction of sp³-hybridized carbons (Fsp3) is 0.375. The zero-order valence-electron chi connectivity index (χ0n) is 17.2. The van der Waals surface area contributed by atoms with Crippen molar-refractivity contribution in [3.63, 3.8) is 0 Å². The van der Waals surface area contributed by atoms with E-state index in [9.17, 15) is 20.0 Å². The minimum Gasteiger partial charge on any atom is -0.481 e. The molecule has 5 nitrogen and oxygen atoms in total. The summed E-state index contributed by atoms with van der Waals surface area (Å²) in [6.07, 6.45) is 4.58. The number of fused-ring (bicyclic) bond motifs is 2. The largest absolute Gasteiger partial charge is 0.481 e. The number of carbonyl (C=O) groups excluding carboxylic acids is 1. The van der Waals surface area contributed by atoms with E-state index in [1.807, 2.05) is 31.2 Å². The van der Waals surface area contributed by atoms with Crippen molar-refractivity contribution in [2.24, 2.45) is 23.7 Å². The molecule has 154 valence electrons. The lowest BCUT2D eigenvalue weighted by Crippen LogP contribution is -2.36. The number of benzene rings is 1. The second kappa shape index (κ2) is 7.73. The van der Waals surface area contributed by atoms with Crippen molar-refractivity contribution in [3.05, 3.63) is 52.4 Å². The average molecular weight is 421 g/mol. The van der Waals surface area contributed by atoms with Gasteiger partial charge < -0.3 is 10.4 Å². The van der Waals surface area contributed by atoms with Crippen molar-refractivity contribution in [2.75, 3.05) is 5.32 Å². The highest BCUT2D eigenvalue weighted by Gasteiger charge is 2.51. The molecule has 0 radical (unpaired) electrons. The Labute approximate surface area is 180 Å². The lowest BCUT2D eigenvalue weighted by molar-refractivity contribution is -0.146. The van der Waals surface area contributed by atoms with Crippen LogP contribution in [0, 0.1) is 41.9 Å². The van der Waals surface area contributed by atoms with Gasteiger partial charge in [-0.1, -0.05) is 50.3 Å². The van der Waals surface area contributed by atoms with E-state index in [1.54, 1.807) is 0 Å². The molecule has 1 heterocycles. The molecule has 2 bridgehead atoms. The summed E-state index contributed by atoms with van der Waals surface area (Å²) in [4.78, 5) is 25.7. The Morgan fingerprint density at radius 3 is 2.37 bits per heavy atom. The maximum atomic E-state index is 13.1. The third-order valence-corrected chi connectivity index (χ3v) is 7.37. The van der Waals surface area contributed by atoms with Gasteiger partial charge in [0.05, 0.1) is 17.4 Å². The normalized spacial score (nSPS) is 24.2. The number of aryl methyl sites for hydroxylation is 1. The summed E-state index contributed by atoms with van der Waals surface area (Å²) in [6.45, 7) is 6.20. The van der Waals surface area contributed by atoms with E-state index >= 15 is 0 Å². The molecule has 0 spiro atoms. The number of carboxylic acids is 1. The first kappa shape index (κ1) is 20.4. The molecule has 1 aromatic heterocycles. The lowest BCUT2D eigenvalue weighted by Gasteiger charge is -2.23. The summed E-state index contributed by atoms with van der Waals surface area (Å²) >= 11 is 1.37. The molecule has 1 fully saturated rings. The number of rotatable bonds is 5. The van der Waals surface area contributed by atoms with Crippen LogP contribution >= 0.6 is 11.3 Å². The number of hydrogen-bond acceptors (Lipinski definition) is 4. The van der Waals surface area contributed by atoms with Crippen LogP contribution in [0.1, 0.15) is 42.2 Å². The Kier molecular flexibility index (Phi) is 5.25. The van der Waals surface area contributed by atoms with Gasteiger partial charge in [0, 0.05) is 10.4 Å². The zero-order chi connectivity index (χ0) is 21.6. The molecule has 6 heteroatoms. The Hall–Kier alpha value is -2.91. The minimum atomic E-state index is -0.930. The summed E-state index contributed by atoms with van der Waals surface area (Å²) in [5, 5.41) is 22.8. The van der Waals surface area contributed by atoms with Crippen LogP contribution in [-0.2, 0) is 9.59 Å². The number of nitrogens with zero attached hydrogens (tertiary/aromatic N) is 1. The SMILES string of the molecule is Cc1sc(NC(=O)[C@@H]2[C@@H](C(=O)O)[C@@H]3C=C[C@H]2C3)c(C#N)c1-c1ccc(C(C)C)cc1. The Balaban J connectivity index is 1.64. The molecule has 4 atom stereocenters. The summed E-state index contributed by atoms with van der Waals surface area (Å²) in [7, 11) is 0. The number of carbonyl (C=O) groups is 2. The second-order valence-corrected chi connectivity index (χ2v) is 9.68. The lowest BCUT2D eigenvalue weighted by atomic mass is 9.82. The number of carboxylic acid groups (broad SMARTS) is 1. The van der Waals surface area contributed by atoms with E-state index in [4.69, 9.17) is 0 Å². The third-order valence-electron chi connectivity index (χ3n) is 6.35. The Morgan fingerprint density at radius 2 is 1.80 bits per heavy atom. The fourth-order valence-corrected chi connectivity index (χ4v) is 5.86. The van der Waals surface area contributed by atoms with Crippen molar-refractivity contribution < 1.29 is 14.7 Å². The molecule has 2 aliphatic carbocycles. The maximum absolute atomic E-state index is 13.1. The van der Waals surface area contributed by atoms with Gasteiger partial charge >= 0.3 is 5.97 Å². The van der Waals surface area contributed by atoms with E-state index in [1.165, 1.54) is 16.9 Å². The molecule has 2 N–H and O–H groups in total. The zero-order valence-corrected chi connectivity index (χ0v) is 18.0. The van der Waals surface area contributed by atoms with Crippen LogP contribution in [0.3, 0.4) is 0 Å². The Morgan fingerprint density at radius 1 is 1.17 bits per heavy atom. The number of allylic oxidation sites excluding steroid dienone is 2. The van der Waals surface area contributed by atoms with Crippen LogP contribution in [0.25, 0.3) is 11.1 Å². The van der Waals surface area contributed by atoms with Gasteiger partial charge in [0.2, 0.25) is 5.91 Å². The number of hydrogen-bond donors (Lipinski definition) is 2. The molecule has 0 unspecified atom stereocenters. The number of thiophene rings is 1. The molecule has 1 amide bonds. The monoisotopic (exact) mass is 420 g/mol. The van der Waals surface area contributed by atoms with Crippen LogP contribution in [0.5, 0.6) is 0 Å². The number of nitrogens with one attached hydrogen (secondary N) is 1. The predicted molar refractivity (Wildman–Crippen MR) is 117 cm³/mol. The van der Waals surface area contributed by atoms with Crippen LogP contribution in [0.15, 0.2) is 36.4 Å². The molecular formula is C24H24N2O3S. The fourth-order valence-electron chi connectivity index (χ4n) is 4.83. The molecule has 0 aliphatic heterocycles. The van der Waals surface area contributed by atoms with Gasteiger partial charge in [0.25, 0.3) is 0 Å². The van der Waals surface area contributed by atoms with E-state index in [0.717, 1.165) is 16.0 Å². The van der Waals surface area contributed by atoms with Crippen LogP contribution in [0.2, 0.25) is 0 Å². The molecule has 1 aromatic carbocycles. The van der Waals surface area contributed by atoms with Gasteiger partial charge in [0.15, 0.2) is 0 Å². The van der Waals surface area contributed by atoms with Gasteiger partial charge in [-0.3, -0.25) is 9.59 Å². The molecule has 4 rings (SSSR count). The van der Waals surface area contributed by atoms with Crippen molar-refractivity contribution in [3.8, 4) is 17.2 Å². The smallest absolute Gasteiger partial charge is 0.307 e. The van der Waals surface area contributed by atoms with Gasteiger partial charge in [-0.15, -0.1) is 11.3 Å². The molecule has 1 saturated carbocycles. The quantitative estimate of drug-likeness (QED) is 0.652. The summed E-state index contributed by atoms with van der Waals surface area (Å²) in [6, 6.07) is 10.4. The summed E-state index contributed by atoms with van der Waals surface area (Å²) in [5.41, 5.74) is 3.43. The molecule has 0 saturated heterocycles. The number of aliphatic carboxylic acids is 1. The maximum Gasteiger partial charge on any atom is 0.307 e. The number of anilines is 1. The van der Waals surface area contributed by atoms with Crippen molar-refractivity contribution >= 4 is 28.2 Å². The number of nitriles is 1. The predicted octanol–water partition coefficient (Wildman–Crippen LogP) is 5.18. The summed E-state index contributed by atoms with van der Waals surface area (Å²) in [5.74, 6) is -2.25. The molecule has 30 heavy (non-hydrogen) atoms. The van der Waals surface area contributed by atoms with E-state index in [0.29, 0.717) is 22.9 Å². The van der Waals surface area contributed by atoms with Crippen molar-refractivity contribution in [1.82, 2.24) is 0 Å². The van der Waals surface area contributed by atoms with Crippen LogP contribution in [-0.4, -0.2) is 17.0 Å². The van der Waals surface area contributed by atoms with Crippen LogP contribution in [0.4, 0.5) is 5.00 Å². The molecule has 2 aliphatic rings. The third kappa shape index (κ3) is 3.33. The minimum absolute atomic E-state index is 0.0502. The van der Waals surface area contributed by atoms with E-state index in [2.05, 4.69) is 37.4 Å². The Bertz CT molecular complexity index is 1080. The van der Waals surface area contributed by atoms with Crippen molar-refractivity contribution in [2.45, 2.75) is 33.1 Å². The highest BCUT2D eigenvalue weighted by molar-refractivity contribution is 7.17. The second-order valence-electron chi connectivity index (χ2n) is 8.45. The van der Waals surface area contributed by atoms with E-state index in [-0.39, 0.29) is 17.7 Å². The van der Waals surface area contributed by atoms with Crippen molar-refractivity contribution in [1.29, 1.82) is 5.26 Å². The summed E-state index contributed by atoms with van der Waals surface area (Å²) < 4.78 is 0. The first-order chi connectivity index (χ1) is 14.3.